The van der Waals surface area contributed by atoms with Crippen molar-refractivity contribution in [3.63, 3.8) is 0 Å². The molecular formula is C16H17N5O2S. The smallest absolute Gasteiger partial charge is 0.263 e. The molecule has 0 aliphatic carbocycles. The molecule has 8 heteroatoms. The van der Waals surface area contributed by atoms with Crippen molar-refractivity contribution in [1.82, 2.24) is 25.1 Å². The van der Waals surface area contributed by atoms with E-state index in [9.17, 15) is 4.79 Å². The van der Waals surface area contributed by atoms with Crippen molar-refractivity contribution in [3.05, 3.63) is 47.5 Å². The monoisotopic (exact) mass is 343 g/mol. The number of hydrogen-bond acceptors (Lipinski definition) is 6. The molecule has 0 saturated heterocycles. The predicted molar refractivity (Wildman–Crippen MR) is 91.2 cm³/mol. The zero-order valence-corrected chi connectivity index (χ0v) is 14.2. The Morgan fingerprint density at radius 3 is 2.79 bits per heavy atom. The summed E-state index contributed by atoms with van der Waals surface area (Å²) < 4.78 is 7.02. The molecule has 0 aliphatic rings. The Morgan fingerprint density at radius 2 is 2.12 bits per heavy atom. The highest BCUT2D eigenvalue weighted by Gasteiger charge is 2.11. The maximum Gasteiger partial charge on any atom is 0.263 e. The number of nitrogens with one attached hydrogen (secondary N) is 1. The number of ether oxygens (including phenoxy) is 1. The summed E-state index contributed by atoms with van der Waals surface area (Å²) in [4.78, 5) is 17.1. The summed E-state index contributed by atoms with van der Waals surface area (Å²) in [7, 11) is 1.63. The first kappa shape index (κ1) is 16.1. The molecule has 124 valence electrons. The molecule has 1 aromatic carbocycles. The van der Waals surface area contributed by atoms with Gasteiger partial charge in [0.15, 0.2) is 0 Å². The number of hydrogen-bond donors (Lipinski definition) is 1. The number of aromatic nitrogens is 4. The Labute approximate surface area is 143 Å². The summed E-state index contributed by atoms with van der Waals surface area (Å²) in [5, 5.41) is 11.4. The average Bonchev–Trinajstić information content (AvgIpc) is 3.25. The zero-order valence-electron chi connectivity index (χ0n) is 13.4. The second kappa shape index (κ2) is 7.22. The number of carbonyl (C=O) groups is 1. The van der Waals surface area contributed by atoms with Crippen LogP contribution in [-0.4, -0.2) is 39.3 Å². The molecule has 0 fully saturated rings. The lowest BCUT2D eigenvalue weighted by molar-refractivity contribution is 0.0956. The van der Waals surface area contributed by atoms with Crippen molar-refractivity contribution >= 4 is 17.2 Å². The molecule has 1 amide bonds. The molecule has 0 radical (unpaired) electrons. The first-order valence-electron chi connectivity index (χ1n) is 7.40. The fraction of sp³-hybridized carbons (Fsp3) is 0.250. The van der Waals surface area contributed by atoms with Crippen LogP contribution in [0.15, 0.2) is 36.8 Å². The third-order valence-corrected chi connectivity index (χ3v) is 4.56. The number of methoxy groups -OCH3 is 1. The van der Waals surface area contributed by atoms with Gasteiger partial charge in [-0.15, -0.1) is 21.5 Å². The van der Waals surface area contributed by atoms with Crippen LogP contribution in [0.25, 0.3) is 10.6 Å². The standard InChI is InChI=1S/C16H17N5O2S/c1-11-20-19-10-21(11)8-7-17-15(22)14-9-18-16(24-14)12-3-5-13(23-2)6-4-12/h3-6,9-10H,7-8H2,1-2H3,(H,17,22). The van der Waals surface area contributed by atoms with E-state index < -0.39 is 0 Å². The number of amides is 1. The van der Waals surface area contributed by atoms with Crippen molar-refractivity contribution in [1.29, 1.82) is 0 Å². The first-order chi connectivity index (χ1) is 11.7. The Balaban J connectivity index is 1.59. The van der Waals surface area contributed by atoms with Crippen LogP contribution < -0.4 is 10.1 Å². The van der Waals surface area contributed by atoms with Crippen molar-refractivity contribution in [2.45, 2.75) is 13.5 Å². The van der Waals surface area contributed by atoms with Crippen LogP contribution in [0.2, 0.25) is 0 Å². The summed E-state index contributed by atoms with van der Waals surface area (Å²) in [6.07, 6.45) is 3.25. The minimum atomic E-state index is -0.127. The Kier molecular flexibility index (Phi) is 4.85. The van der Waals surface area contributed by atoms with Gasteiger partial charge in [0.05, 0.1) is 13.3 Å². The number of benzene rings is 1. The maximum atomic E-state index is 12.2. The molecule has 3 rings (SSSR count). The van der Waals surface area contributed by atoms with Gasteiger partial charge in [-0.1, -0.05) is 0 Å². The fourth-order valence-electron chi connectivity index (χ4n) is 2.16. The van der Waals surface area contributed by atoms with Crippen LogP contribution in [0.1, 0.15) is 15.5 Å². The molecule has 24 heavy (non-hydrogen) atoms. The molecule has 0 atom stereocenters. The zero-order chi connectivity index (χ0) is 16.9. The Hall–Kier alpha value is -2.74. The van der Waals surface area contributed by atoms with Crippen LogP contribution in [0.4, 0.5) is 0 Å². The predicted octanol–water partition coefficient (Wildman–Crippen LogP) is 2.15. The number of carbonyl (C=O) groups excluding carboxylic acids is 1. The SMILES string of the molecule is COc1ccc(-c2ncc(C(=O)NCCn3cnnc3C)s2)cc1. The van der Waals surface area contributed by atoms with Gasteiger partial charge in [-0.2, -0.15) is 0 Å². The highest BCUT2D eigenvalue weighted by atomic mass is 32.1. The Bertz CT molecular complexity index is 825. The fourth-order valence-corrected chi connectivity index (χ4v) is 2.99. The average molecular weight is 343 g/mol. The van der Waals surface area contributed by atoms with Gasteiger partial charge in [-0.25, -0.2) is 4.98 Å². The quantitative estimate of drug-likeness (QED) is 0.741. The van der Waals surface area contributed by atoms with Crippen molar-refractivity contribution in [2.75, 3.05) is 13.7 Å². The minimum absolute atomic E-state index is 0.127. The van der Waals surface area contributed by atoms with Crippen LogP contribution in [0.3, 0.4) is 0 Å². The van der Waals surface area contributed by atoms with E-state index in [4.69, 9.17) is 4.74 Å². The first-order valence-corrected chi connectivity index (χ1v) is 8.22. The van der Waals surface area contributed by atoms with E-state index in [1.54, 1.807) is 19.6 Å². The van der Waals surface area contributed by atoms with E-state index in [1.165, 1.54) is 11.3 Å². The second-order valence-corrected chi connectivity index (χ2v) is 6.12. The number of aryl methyl sites for hydroxylation is 1. The van der Waals surface area contributed by atoms with Crippen molar-refractivity contribution < 1.29 is 9.53 Å². The molecule has 1 N–H and O–H groups in total. The summed E-state index contributed by atoms with van der Waals surface area (Å²) in [5.74, 6) is 1.49. The van der Waals surface area contributed by atoms with Gasteiger partial charge in [0.1, 0.15) is 27.8 Å². The number of rotatable bonds is 6. The molecule has 0 unspecified atom stereocenters. The molecular weight excluding hydrogens is 326 g/mol. The topological polar surface area (TPSA) is 81.9 Å². The molecule has 0 saturated carbocycles. The van der Waals surface area contributed by atoms with Gasteiger partial charge in [0, 0.05) is 18.7 Å². The van der Waals surface area contributed by atoms with Gasteiger partial charge in [-0.05, 0) is 31.2 Å². The lowest BCUT2D eigenvalue weighted by Gasteiger charge is -2.05. The normalized spacial score (nSPS) is 10.6. The van der Waals surface area contributed by atoms with Gasteiger partial charge in [0.25, 0.3) is 5.91 Å². The minimum Gasteiger partial charge on any atom is -0.497 e. The maximum absolute atomic E-state index is 12.2. The van der Waals surface area contributed by atoms with Gasteiger partial charge in [-0.3, -0.25) is 4.79 Å². The molecule has 2 aromatic heterocycles. The third-order valence-electron chi connectivity index (χ3n) is 3.51. The van der Waals surface area contributed by atoms with E-state index >= 15 is 0 Å². The van der Waals surface area contributed by atoms with E-state index in [0.717, 1.165) is 22.1 Å². The highest BCUT2D eigenvalue weighted by Crippen LogP contribution is 2.26. The molecule has 0 spiro atoms. The summed E-state index contributed by atoms with van der Waals surface area (Å²) >= 11 is 1.36. The highest BCUT2D eigenvalue weighted by molar-refractivity contribution is 7.16. The summed E-state index contributed by atoms with van der Waals surface area (Å²) in [6, 6.07) is 7.60. The van der Waals surface area contributed by atoms with E-state index in [0.29, 0.717) is 18.0 Å². The number of thiazole rings is 1. The van der Waals surface area contributed by atoms with Crippen molar-refractivity contribution in [2.24, 2.45) is 0 Å². The molecule has 7 nitrogen and oxygen atoms in total. The van der Waals surface area contributed by atoms with E-state index in [-0.39, 0.29) is 5.91 Å². The van der Waals surface area contributed by atoms with Gasteiger partial charge < -0.3 is 14.6 Å². The summed E-state index contributed by atoms with van der Waals surface area (Å²) in [5.41, 5.74) is 0.958. The van der Waals surface area contributed by atoms with Gasteiger partial charge in [0.2, 0.25) is 0 Å². The van der Waals surface area contributed by atoms with Crippen LogP contribution in [0.5, 0.6) is 5.75 Å². The van der Waals surface area contributed by atoms with Gasteiger partial charge >= 0.3 is 0 Å². The van der Waals surface area contributed by atoms with E-state index in [2.05, 4.69) is 20.5 Å². The van der Waals surface area contributed by atoms with Crippen molar-refractivity contribution in [3.8, 4) is 16.3 Å². The third kappa shape index (κ3) is 3.60. The largest absolute Gasteiger partial charge is 0.497 e. The molecule has 0 bridgehead atoms. The second-order valence-electron chi connectivity index (χ2n) is 5.09. The van der Waals surface area contributed by atoms with Crippen LogP contribution in [-0.2, 0) is 6.54 Å². The summed E-state index contributed by atoms with van der Waals surface area (Å²) in [6.45, 7) is 3.02. The Morgan fingerprint density at radius 1 is 1.33 bits per heavy atom. The lowest BCUT2D eigenvalue weighted by atomic mass is 10.2. The molecule has 0 aliphatic heterocycles. The van der Waals surface area contributed by atoms with Crippen LogP contribution >= 0.6 is 11.3 Å². The van der Waals surface area contributed by atoms with E-state index in [1.807, 2.05) is 35.8 Å². The molecule has 3 aromatic rings. The molecule has 2 heterocycles. The van der Waals surface area contributed by atoms with Crippen LogP contribution in [0, 0.1) is 6.92 Å². The lowest BCUT2D eigenvalue weighted by Crippen LogP contribution is -2.26. The number of nitrogens with zero attached hydrogens (tertiary/aromatic N) is 4.